The zero-order valence-electron chi connectivity index (χ0n) is 16.9. The van der Waals surface area contributed by atoms with Crippen LogP contribution in [0.1, 0.15) is 23.6 Å². The van der Waals surface area contributed by atoms with Gasteiger partial charge in [-0.25, -0.2) is 4.39 Å². The van der Waals surface area contributed by atoms with E-state index >= 15 is 0 Å². The second-order valence-electron chi connectivity index (χ2n) is 6.70. The summed E-state index contributed by atoms with van der Waals surface area (Å²) in [6.07, 6.45) is 2.08. The summed E-state index contributed by atoms with van der Waals surface area (Å²) >= 11 is 6.28. The smallest absolute Gasteiger partial charge is 0.266 e. The quantitative estimate of drug-likeness (QED) is 0.365. The summed E-state index contributed by atoms with van der Waals surface area (Å²) in [6, 6.07) is 20.3. The SMILES string of the molecule is CCOc1cc(/C=C(\C#N)C(=O)Nc2ccc(F)cc2)ccc1Cc1ccccc1Cl. The van der Waals surface area contributed by atoms with E-state index in [0.29, 0.717) is 35.1 Å². The van der Waals surface area contributed by atoms with Crippen molar-refractivity contribution in [3.05, 3.63) is 99.8 Å². The minimum Gasteiger partial charge on any atom is -0.494 e. The Labute approximate surface area is 185 Å². The van der Waals surface area contributed by atoms with Crippen molar-refractivity contribution in [3.8, 4) is 11.8 Å². The summed E-state index contributed by atoms with van der Waals surface area (Å²) in [5.74, 6) is -0.325. The molecule has 1 amide bonds. The van der Waals surface area contributed by atoms with Crippen molar-refractivity contribution in [2.45, 2.75) is 13.3 Å². The number of carbonyl (C=O) groups excluding carboxylic acids is 1. The van der Waals surface area contributed by atoms with Crippen molar-refractivity contribution >= 4 is 29.3 Å². The molecular formula is C25H20ClFN2O2. The van der Waals surface area contributed by atoms with E-state index in [-0.39, 0.29) is 5.57 Å². The Morgan fingerprint density at radius 3 is 2.55 bits per heavy atom. The van der Waals surface area contributed by atoms with Crippen LogP contribution in [0.4, 0.5) is 10.1 Å². The van der Waals surface area contributed by atoms with Gasteiger partial charge in [0.2, 0.25) is 0 Å². The first-order valence-electron chi connectivity index (χ1n) is 9.68. The van der Waals surface area contributed by atoms with E-state index in [2.05, 4.69) is 5.32 Å². The third-order valence-corrected chi connectivity index (χ3v) is 4.88. The Morgan fingerprint density at radius 1 is 1.13 bits per heavy atom. The van der Waals surface area contributed by atoms with Crippen LogP contribution in [-0.4, -0.2) is 12.5 Å². The highest BCUT2D eigenvalue weighted by Gasteiger charge is 2.12. The van der Waals surface area contributed by atoms with Crippen molar-refractivity contribution in [1.29, 1.82) is 5.26 Å². The number of hydrogen-bond donors (Lipinski definition) is 1. The van der Waals surface area contributed by atoms with E-state index in [0.717, 1.165) is 11.1 Å². The van der Waals surface area contributed by atoms with E-state index in [1.807, 2.05) is 49.4 Å². The molecule has 4 nitrogen and oxygen atoms in total. The monoisotopic (exact) mass is 434 g/mol. The molecule has 31 heavy (non-hydrogen) atoms. The minimum absolute atomic E-state index is 0.0781. The number of ether oxygens (including phenoxy) is 1. The maximum absolute atomic E-state index is 13.0. The highest BCUT2D eigenvalue weighted by molar-refractivity contribution is 6.31. The van der Waals surface area contributed by atoms with Gasteiger partial charge in [0, 0.05) is 17.1 Å². The molecule has 3 aromatic rings. The molecule has 0 heterocycles. The van der Waals surface area contributed by atoms with E-state index < -0.39 is 11.7 Å². The lowest BCUT2D eigenvalue weighted by Gasteiger charge is -2.12. The second-order valence-corrected chi connectivity index (χ2v) is 7.11. The van der Waals surface area contributed by atoms with Crippen molar-refractivity contribution in [2.24, 2.45) is 0 Å². The number of nitrogens with zero attached hydrogens (tertiary/aromatic N) is 1. The first-order chi connectivity index (χ1) is 15.0. The van der Waals surface area contributed by atoms with Gasteiger partial charge in [-0.2, -0.15) is 5.26 Å². The first kappa shape index (κ1) is 22.1. The number of rotatable bonds is 7. The highest BCUT2D eigenvalue weighted by Crippen LogP contribution is 2.27. The maximum Gasteiger partial charge on any atom is 0.266 e. The Bertz CT molecular complexity index is 1150. The van der Waals surface area contributed by atoms with Crippen LogP contribution in [0.5, 0.6) is 5.75 Å². The third kappa shape index (κ3) is 5.94. The Morgan fingerprint density at radius 2 is 1.87 bits per heavy atom. The van der Waals surface area contributed by atoms with Gasteiger partial charge in [-0.15, -0.1) is 0 Å². The highest BCUT2D eigenvalue weighted by atomic mass is 35.5. The normalized spacial score (nSPS) is 11.0. The van der Waals surface area contributed by atoms with Crippen LogP contribution in [0.3, 0.4) is 0 Å². The molecule has 3 rings (SSSR count). The van der Waals surface area contributed by atoms with E-state index in [4.69, 9.17) is 16.3 Å². The van der Waals surface area contributed by atoms with Gasteiger partial charge in [0.1, 0.15) is 23.2 Å². The van der Waals surface area contributed by atoms with Crippen LogP contribution < -0.4 is 10.1 Å². The van der Waals surface area contributed by atoms with Gasteiger partial charge in [0.05, 0.1) is 6.61 Å². The molecule has 1 N–H and O–H groups in total. The summed E-state index contributed by atoms with van der Waals surface area (Å²) < 4.78 is 18.8. The number of amides is 1. The number of halogens is 2. The number of nitrogens with one attached hydrogen (secondary N) is 1. The molecule has 0 aliphatic rings. The predicted octanol–water partition coefficient (Wildman–Crippen LogP) is 6.01. The van der Waals surface area contributed by atoms with Crippen LogP contribution in [0.25, 0.3) is 6.08 Å². The summed E-state index contributed by atoms with van der Waals surface area (Å²) in [4.78, 5) is 12.4. The van der Waals surface area contributed by atoms with E-state index in [9.17, 15) is 14.4 Å². The summed E-state index contributed by atoms with van der Waals surface area (Å²) in [7, 11) is 0. The lowest BCUT2D eigenvalue weighted by molar-refractivity contribution is -0.112. The number of anilines is 1. The summed E-state index contributed by atoms with van der Waals surface area (Å²) in [5, 5.41) is 12.7. The minimum atomic E-state index is -0.577. The Balaban J connectivity index is 1.85. The third-order valence-electron chi connectivity index (χ3n) is 4.51. The van der Waals surface area contributed by atoms with Crippen LogP contribution in [-0.2, 0) is 11.2 Å². The molecule has 0 atom stereocenters. The average molecular weight is 435 g/mol. The van der Waals surface area contributed by atoms with Crippen molar-refractivity contribution in [3.63, 3.8) is 0 Å². The topological polar surface area (TPSA) is 62.1 Å². The van der Waals surface area contributed by atoms with E-state index in [1.165, 1.54) is 30.3 Å². The molecule has 0 aliphatic heterocycles. The molecule has 0 aliphatic carbocycles. The molecular weight excluding hydrogens is 415 g/mol. The second kappa shape index (κ2) is 10.4. The fourth-order valence-electron chi connectivity index (χ4n) is 2.99. The Hall–Kier alpha value is -3.62. The predicted molar refractivity (Wildman–Crippen MR) is 120 cm³/mol. The van der Waals surface area contributed by atoms with Crippen LogP contribution in [0.2, 0.25) is 5.02 Å². The molecule has 3 aromatic carbocycles. The molecule has 0 unspecified atom stereocenters. The van der Waals surface area contributed by atoms with Crippen molar-refractivity contribution < 1.29 is 13.9 Å². The molecule has 0 bridgehead atoms. The van der Waals surface area contributed by atoms with Crippen LogP contribution in [0.15, 0.2) is 72.3 Å². The van der Waals surface area contributed by atoms with Gasteiger partial charge in [-0.1, -0.05) is 41.9 Å². The van der Waals surface area contributed by atoms with Crippen LogP contribution in [0, 0.1) is 17.1 Å². The van der Waals surface area contributed by atoms with Crippen molar-refractivity contribution in [1.82, 2.24) is 0 Å². The van der Waals surface area contributed by atoms with Crippen LogP contribution >= 0.6 is 11.6 Å². The average Bonchev–Trinajstić information content (AvgIpc) is 2.77. The van der Waals surface area contributed by atoms with Gasteiger partial charge in [0.25, 0.3) is 5.91 Å². The van der Waals surface area contributed by atoms with E-state index in [1.54, 1.807) is 6.07 Å². The maximum atomic E-state index is 13.0. The lowest BCUT2D eigenvalue weighted by atomic mass is 10.0. The molecule has 0 spiro atoms. The number of carbonyl (C=O) groups is 1. The molecule has 0 saturated carbocycles. The van der Waals surface area contributed by atoms with Gasteiger partial charge in [-0.05, 0) is 66.1 Å². The Kier molecular flexibility index (Phi) is 7.42. The fraction of sp³-hybridized carbons (Fsp3) is 0.120. The first-order valence-corrected chi connectivity index (χ1v) is 10.1. The fourth-order valence-corrected chi connectivity index (χ4v) is 3.19. The molecule has 156 valence electrons. The lowest BCUT2D eigenvalue weighted by Crippen LogP contribution is -2.13. The largest absolute Gasteiger partial charge is 0.494 e. The zero-order chi connectivity index (χ0) is 22.2. The number of benzene rings is 3. The number of hydrogen-bond acceptors (Lipinski definition) is 3. The molecule has 0 fully saturated rings. The summed E-state index contributed by atoms with van der Waals surface area (Å²) in [6.45, 7) is 2.36. The molecule has 6 heteroatoms. The van der Waals surface area contributed by atoms with Gasteiger partial charge in [-0.3, -0.25) is 4.79 Å². The van der Waals surface area contributed by atoms with Gasteiger partial charge < -0.3 is 10.1 Å². The molecule has 0 aromatic heterocycles. The standard InChI is InChI=1S/C25H20ClFN2O2/c1-2-31-24-14-17(7-8-19(24)15-18-5-3-4-6-23(18)26)13-20(16-28)25(30)29-22-11-9-21(27)10-12-22/h3-14H,2,15H2,1H3,(H,29,30)/b20-13+. The van der Waals surface area contributed by atoms with Crippen molar-refractivity contribution in [2.75, 3.05) is 11.9 Å². The number of nitriles is 1. The molecule has 0 saturated heterocycles. The van der Waals surface area contributed by atoms with Gasteiger partial charge in [0.15, 0.2) is 0 Å². The molecule has 0 radical (unpaired) electrons. The van der Waals surface area contributed by atoms with Gasteiger partial charge >= 0.3 is 0 Å². The summed E-state index contributed by atoms with van der Waals surface area (Å²) in [5.41, 5.74) is 2.90. The zero-order valence-corrected chi connectivity index (χ0v) is 17.6.